The van der Waals surface area contributed by atoms with Crippen molar-refractivity contribution in [3.05, 3.63) is 11.7 Å². The van der Waals surface area contributed by atoms with Gasteiger partial charge in [0.25, 0.3) is 0 Å². The third-order valence-corrected chi connectivity index (χ3v) is 4.71. The largest absolute Gasteiger partial charge is 0.393 e. The molecule has 0 bridgehead atoms. The number of aliphatic hydroxyl groups excluding tert-OH is 1. The van der Waals surface area contributed by atoms with E-state index >= 15 is 0 Å². The van der Waals surface area contributed by atoms with Crippen LogP contribution in [0.15, 0.2) is 4.52 Å². The number of ether oxygens (including phenoxy) is 1. The molecule has 2 fully saturated rings. The Morgan fingerprint density at radius 3 is 3.00 bits per heavy atom. The molecule has 0 amide bonds. The van der Waals surface area contributed by atoms with Crippen molar-refractivity contribution in [1.29, 1.82) is 0 Å². The van der Waals surface area contributed by atoms with Gasteiger partial charge in [0, 0.05) is 25.0 Å². The topological polar surface area (TPSA) is 71.6 Å². The van der Waals surface area contributed by atoms with E-state index < -0.39 is 0 Å². The van der Waals surface area contributed by atoms with Crippen LogP contribution in [0, 0.1) is 11.8 Å². The lowest BCUT2D eigenvalue weighted by Crippen LogP contribution is -2.45. The van der Waals surface area contributed by atoms with Crippen molar-refractivity contribution in [1.82, 2.24) is 15.0 Å². The second-order valence-corrected chi connectivity index (χ2v) is 6.98. The highest BCUT2D eigenvalue weighted by molar-refractivity contribution is 4.93. The van der Waals surface area contributed by atoms with Crippen molar-refractivity contribution in [2.24, 2.45) is 11.8 Å². The Morgan fingerprint density at radius 1 is 1.36 bits per heavy atom. The lowest BCUT2D eigenvalue weighted by Gasteiger charge is -2.36. The van der Waals surface area contributed by atoms with Gasteiger partial charge >= 0.3 is 0 Å². The first kappa shape index (κ1) is 15.9. The average molecular weight is 309 g/mol. The molecule has 1 aromatic rings. The van der Waals surface area contributed by atoms with Crippen molar-refractivity contribution < 1.29 is 14.4 Å². The Hall–Kier alpha value is -0.980. The number of likely N-dealkylation sites (tertiary alicyclic amines) is 1. The summed E-state index contributed by atoms with van der Waals surface area (Å²) >= 11 is 0. The monoisotopic (exact) mass is 309 g/mol. The zero-order valence-corrected chi connectivity index (χ0v) is 13.6. The van der Waals surface area contributed by atoms with Crippen LogP contribution in [0.2, 0.25) is 0 Å². The van der Waals surface area contributed by atoms with Crippen LogP contribution in [0.25, 0.3) is 0 Å². The van der Waals surface area contributed by atoms with Gasteiger partial charge in [-0.25, -0.2) is 0 Å². The summed E-state index contributed by atoms with van der Waals surface area (Å²) < 4.78 is 11.0. The van der Waals surface area contributed by atoms with E-state index in [9.17, 15) is 5.11 Å². The Morgan fingerprint density at radius 2 is 2.23 bits per heavy atom. The molecule has 1 N–H and O–H groups in total. The first-order chi connectivity index (χ1) is 10.6. The molecule has 3 heterocycles. The number of aromatic nitrogens is 2. The summed E-state index contributed by atoms with van der Waals surface area (Å²) in [5.74, 6) is 2.21. The van der Waals surface area contributed by atoms with Crippen LogP contribution >= 0.6 is 0 Å². The van der Waals surface area contributed by atoms with E-state index in [-0.39, 0.29) is 12.0 Å². The summed E-state index contributed by atoms with van der Waals surface area (Å²) in [6.45, 7) is 7.33. The number of hydrogen-bond donors (Lipinski definition) is 1. The van der Waals surface area contributed by atoms with Crippen LogP contribution in [0.4, 0.5) is 0 Å². The van der Waals surface area contributed by atoms with Gasteiger partial charge in [-0.1, -0.05) is 19.0 Å². The maximum atomic E-state index is 10.3. The molecule has 0 unspecified atom stereocenters. The molecule has 22 heavy (non-hydrogen) atoms. The summed E-state index contributed by atoms with van der Waals surface area (Å²) in [7, 11) is 0. The first-order valence-corrected chi connectivity index (χ1v) is 8.45. The number of aliphatic hydroxyl groups is 1. The Bertz CT molecular complexity index is 477. The molecule has 6 heteroatoms. The van der Waals surface area contributed by atoms with Gasteiger partial charge in [0.15, 0.2) is 5.82 Å². The van der Waals surface area contributed by atoms with Crippen LogP contribution in [0.3, 0.4) is 0 Å². The van der Waals surface area contributed by atoms with E-state index in [1.54, 1.807) is 0 Å². The molecule has 2 aliphatic rings. The maximum Gasteiger partial charge on any atom is 0.240 e. The smallest absolute Gasteiger partial charge is 0.240 e. The molecule has 0 radical (unpaired) electrons. The van der Waals surface area contributed by atoms with Gasteiger partial charge in [0.1, 0.15) is 0 Å². The van der Waals surface area contributed by atoms with Gasteiger partial charge in [-0.15, -0.1) is 0 Å². The molecular weight excluding hydrogens is 282 g/mol. The molecule has 0 saturated carbocycles. The van der Waals surface area contributed by atoms with Crippen LogP contribution < -0.4 is 0 Å². The molecule has 3 atom stereocenters. The summed E-state index contributed by atoms with van der Waals surface area (Å²) in [6, 6.07) is 0.357. The van der Waals surface area contributed by atoms with Gasteiger partial charge in [0.2, 0.25) is 5.89 Å². The van der Waals surface area contributed by atoms with E-state index in [1.807, 2.05) is 0 Å². The number of hydrogen-bond acceptors (Lipinski definition) is 6. The Balaban J connectivity index is 1.62. The van der Waals surface area contributed by atoms with E-state index in [1.165, 1.54) is 0 Å². The van der Waals surface area contributed by atoms with Crippen LogP contribution in [0.5, 0.6) is 0 Å². The minimum Gasteiger partial charge on any atom is -0.393 e. The van der Waals surface area contributed by atoms with Gasteiger partial charge in [-0.2, -0.15) is 4.98 Å². The molecule has 0 spiro atoms. The fourth-order valence-electron chi connectivity index (χ4n) is 3.63. The quantitative estimate of drug-likeness (QED) is 0.891. The lowest BCUT2D eigenvalue weighted by molar-refractivity contribution is -0.0644. The normalized spacial score (nSPS) is 30.3. The van der Waals surface area contributed by atoms with E-state index in [4.69, 9.17) is 9.26 Å². The summed E-state index contributed by atoms with van der Waals surface area (Å²) in [4.78, 5) is 6.87. The third kappa shape index (κ3) is 3.67. The zero-order chi connectivity index (χ0) is 15.5. The van der Waals surface area contributed by atoms with Gasteiger partial charge in [0.05, 0.1) is 19.3 Å². The minimum absolute atomic E-state index is 0.203. The summed E-state index contributed by atoms with van der Waals surface area (Å²) in [6.07, 6.45) is 3.60. The van der Waals surface area contributed by atoms with Crippen molar-refractivity contribution in [3.8, 4) is 0 Å². The first-order valence-electron chi connectivity index (χ1n) is 8.45. The van der Waals surface area contributed by atoms with E-state index in [2.05, 4.69) is 28.9 Å². The SMILES string of the molecule is CC(C)Cc1noc(CN2CCC[C@@H]2[C@@H]2COCC[C@@H]2O)n1. The zero-order valence-electron chi connectivity index (χ0n) is 13.6. The van der Waals surface area contributed by atoms with Crippen molar-refractivity contribution in [2.75, 3.05) is 19.8 Å². The Labute approximate surface area is 131 Å². The fourth-order valence-corrected chi connectivity index (χ4v) is 3.63. The number of nitrogens with zero attached hydrogens (tertiary/aromatic N) is 3. The van der Waals surface area contributed by atoms with E-state index in [0.29, 0.717) is 37.6 Å². The second kappa shape index (κ2) is 7.06. The van der Waals surface area contributed by atoms with Crippen LogP contribution in [0.1, 0.15) is 44.8 Å². The lowest BCUT2D eigenvalue weighted by atomic mass is 9.89. The maximum absolute atomic E-state index is 10.3. The molecule has 6 nitrogen and oxygen atoms in total. The van der Waals surface area contributed by atoms with Crippen LogP contribution in [-0.2, 0) is 17.7 Å². The molecule has 1 aromatic heterocycles. The highest BCUT2D eigenvalue weighted by atomic mass is 16.5. The highest BCUT2D eigenvalue weighted by Gasteiger charge is 2.38. The van der Waals surface area contributed by atoms with E-state index in [0.717, 1.165) is 38.1 Å². The summed E-state index contributed by atoms with van der Waals surface area (Å²) in [5, 5.41) is 14.3. The van der Waals surface area contributed by atoms with Crippen LogP contribution in [-0.4, -0.2) is 52.1 Å². The predicted molar refractivity (Wildman–Crippen MR) is 81.2 cm³/mol. The summed E-state index contributed by atoms with van der Waals surface area (Å²) in [5.41, 5.74) is 0. The van der Waals surface area contributed by atoms with Crippen molar-refractivity contribution in [3.63, 3.8) is 0 Å². The highest BCUT2D eigenvalue weighted by Crippen LogP contribution is 2.30. The standard InChI is InChI=1S/C16H27N3O3/c1-11(2)8-15-17-16(22-18-15)9-19-6-3-4-13(19)12-10-21-7-5-14(12)20/h11-14,20H,3-10H2,1-2H3/t12-,13+,14-/m0/s1. The average Bonchev–Trinajstić information content (AvgIpc) is 3.09. The van der Waals surface area contributed by atoms with Gasteiger partial charge < -0.3 is 14.4 Å². The molecule has 2 saturated heterocycles. The van der Waals surface area contributed by atoms with Crippen molar-refractivity contribution >= 4 is 0 Å². The second-order valence-electron chi connectivity index (χ2n) is 6.98. The molecule has 124 valence electrons. The number of rotatable bonds is 5. The molecule has 3 rings (SSSR count). The molecule has 2 aliphatic heterocycles. The molecule has 0 aromatic carbocycles. The third-order valence-electron chi connectivity index (χ3n) is 4.71. The van der Waals surface area contributed by atoms with Crippen molar-refractivity contribution in [2.45, 2.75) is 58.2 Å². The predicted octanol–water partition coefficient (Wildman–Crippen LogP) is 1.63. The fraction of sp³-hybridized carbons (Fsp3) is 0.875. The Kier molecular flexibility index (Phi) is 5.10. The molecule has 0 aliphatic carbocycles. The molecular formula is C16H27N3O3. The van der Waals surface area contributed by atoms with Gasteiger partial charge in [-0.05, 0) is 31.7 Å². The minimum atomic E-state index is -0.251. The van der Waals surface area contributed by atoms with Gasteiger partial charge in [-0.3, -0.25) is 4.90 Å².